The lowest BCUT2D eigenvalue weighted by Gasteiger charge is -1.95. The van der Waals surface area contributed by atoms with Gasteiger partial charge in [0, 0.05) is 0 Å². The second-order valence-corrected chi connectivity index (χ2v) is 3.66. The molecular weight excluding hydrogens is 183 g/mol. The normalized spacial score (nSPS) is 10.4. The first-order valence-electron chi connectivity index (χ1n) is 3.07. The van der Waals surface area contributed by atoms with E-state index >= 15 is 0 Å². The topological polar surface area (TPSA) is 54.4 Å². The predicted molar refractivity (Wildman–Crippen MR) is 44.2 cm³/mol. The van der Waals surface area contributed by atoms with Crippen LogP contribution in [0.1, 0.15) is 5.56 Å². The highest BCUT2D eigenvalue weighted by Gasteiger charge is 2.04. The molecule has 0 amide bonds. The van der Waals surface area contributed by atoms with E-state index in [4.69, 9.17) is 4.55 Å². The van der Waals surface area contributed by atoms with Crippen LogP contribution in [0, 0.1) is 0 Å². The van der Waals surface area contributed by atoms with Gasteiger partial charge in [0.25, 0.3) is 10.1 Å². The SMILES string of the molecule is F.O=S(=O)(O)Cc1ccccc1. The van der Waals surface area contributed by atoms with Crippen LogP contribution >= 0.6 is 0 Å². The third-order valence-electron chi connectivity index (χ3n) is 1.19. The van der Waals surface area contributed by atoms with Crippen LogP contribution in [0.4, 0.5) is 4.70 Å². The largest absolute Gasteiger partial charge is 0.285 e. The van der Waals surface area contributed by atoms with Crippen LogP contribution in [0.5, 0.6) is 0 Å². The van der Waals surface area contributed by atoms with E-state index in [1.807, 2.05) is 0 Å². The van der Waals surface area contributed by atoms with Crippen molar-refractivity contribution in [2.75, 3.05) is 0 Å². The number of hydrogen-bond acceptors (Lipinski definition) is 2. The molecule has 0 fully saturated rings. The molecule has 0 heterocycles. The third kappa shape index (κ3) is 4.05. The Morgan fingerprint density at radius 3 is 2.08 bits per heavy atom. The van der Waals surface area contributed by atoms with Gasteiger partial charge in [0.05, 0.1) is 0 Å². The highest BCUT2D eigenvalue weighted by Crippen LogP contribution is 2.02. The van der Waals surface area contributed by atoms with Crippen LogP contribution in [0.3, 0.4) is 0 Å². The lowest BCUT2D eigenvalue weighted by atomic mass is 10.2. The lowest BCUT2D eigenvalue weighted by molar-refractivity contribution is 0.482. The zero-order valence-electron chi connectivity index (χ0n) is 6.17. The maximum Gasteiger partial charge on any atom is 0.269 e. The summed E-state index contributed by atoms with van der Waals surface area (Å²) in [5.74, 6) is -0.312. The van der Waals surface area contributed by atoms with E-state index in [0.717, 1.165) is 0 Å². The highest BCUT2D eigenvalue weighted by atomic mass is 32.2. The second-order valence-electron chi connectivity index (χ2n) is 2.21. The summed E-state index contributed by atoms with van der Waals surface area (Å²) in [6.07, 6.45) is 0. The monoisotopic (exact) mass is 192 g/mol. The van der Waals surface area contributed by atoms with Gasteiger partial charge in [0.1, 0.15) is 5.75 Å². The minimum atomic E-state index is -3.88. The molecule has 0 unspecified atom stereocenters. The molecule has 68 valence electrons. The fourth-order valence-corrected chi connectivity index (χ4v) is 1.40. The Morgan fingerprint density at radius 1 is 1.17 bits per heavy atom. The molecule has 1 N–H and O–H groups in total. The number of benzene rings is 1. The average Bonchev–Trinajstić information content (AvgIpc) is 1.85. The first-order chi connectivity index (χ1) is 5.08. The molecule has 0 aromatic heterocycles. The Balaban J connectivity index is 0.00000121. The van der Waals surface area contributed by atoms with Gasteiger partial charge in [0.2, 0.25) is 0 Å². The molecule has 1 rings (SSSR count). The van der Waals surface area contributed by atoms with Gasteiger partial charge in [-0.2, -0.15) is 8.42 Å². The Bertz CT molecular complexity index is 320. The summed E-state index contributed by atoms with van der Waals surface area (Å²) in [7, 11) is -3.88. The zero-order chi connectivity index (χ0) is 8.32. The summed E-state index contributed by atoms with van der Waals surface area (Å²) in [5.41, 5.74) is 0.593. The fourth-order valence-electron chi connectivity index (χ4n) is 0.785. The van der Waals surface area contributed by atoms with Crippen LogP contribution in [0.2, 0.25) is 0 Å². The molecule has 0 atom stereocenters. The molecule has 1 aromatic rings. The Kier molecular flexibility index (Phi) is 3.85. The summed E-state index contributed by atoms with van der Waals surface area (Å²) in [4.78, 5) is 0. The molecule has 12 heavy (non-hydrogen) atoms. The third-order valence-corrected chi connectivity index (χ3v) is 1.89. The van der Waals surface area contributed by atoms with Crippen molar-refractivity contribution in [1.82, 2.24) is 0 Å². The van der Waals surface area contributed by atoms with Crippen LogP contribution in [-0.4, -0.2) is 13.0 Å². The van der Waals surface area contributed by atoms with Crippen molar-refractivity contribution in [2.45, 2.75) is 5.75 Å². The van der Waals surface area contributed by atoms with Gasteiger partial charge in [-0.3, -0.25) is 9.26 Å². The lowest BCUT2D eigenvalue weighted by Crippen LogP contribution is -2.00. The Hall–Kier alpha value is -0.940. The van der Waals surface area contributed by atoms with E-state index < -0.39 is 10.1 Å². The first kappa shape index (κ1) is 11.1. The van der Waals surface area contributed by atoms with Crippen molar-refractivity contribution in [3.63, 3.8) is 0 Å². The zero-order valence-corrected chi connectivity index (χ0v) is 6.99. The number of halogens is 1. The van der Waals surface area contributed by atoms with Gasteiger partial charge in [-0.05, 0) is 5.56 Å². The van der Waals surface area contributed by atoms with E-state index in [-0.39, 0.29) is 10.5 Å². The molecule has 0 spiro atoms. The van der Waals surface area contributed by atoms with Crippen LogP contribution in [-0.2, 0) is 15.9 Å². The van der Waals surface area contributed by atoms with Crippen molar-refractivity contribution >= 4 is 10.1 Å². The molecule has 0 aliphatic rings. The fraction of sp³-hybridized carbons (Fsp3) is 0.143. The summed E-state index contributed by atoms with van der Waals surface area (Å²) in [5, 5.41) is 0. The maximum absolute atomic E-state index is 10.4. The van der Waals surface area contributed by atoms with Gasteiger partial charge in [-0.15, -0.1) is 0 Å². The van der Waals surface area contributed by atoms with Crippen molar-refractivity contribution in [1.29, 1.82) is 0 Å². The van der Waals surface area contributed by atoms with Gasteiger partial charge < -0.3 is 0 Å². The molecule has 1 aromatic carbocycles. The summed E-state index contributed by atoms with van der Waals surface area (Å²) >= 11 is 0. The molecule has 0 saturated heterocycles. The van der Waals surface area contributed by atoms with E-state index in [1.165, 1.54) is 0 Å². The predicted octanol–water partition coefficient (Wildman–Crippen LogP) is 1.23. The average molecular weight is 192 g/mol. The maximum atomic E-state index is 10.4. The minimum Gasteiger partial charge on any atom is -0.285 e. The van der Waals surface area contributed by atoms with Crippen LogP contribution < -0.4 is 0 Å². The summed E-state index contributed by atoms with van der Waals surface area (Å²) in [6.45, 7) is 0. The standard InChI is InChI=1S/C7H8O3S.FH/c8-11(9,10)6-7-4-2-1-3-5-7;/h1-5H,6H2,(H,8,9,10);1H. The van der Waals surface area contributed by atoms with Crippen LogP contribution in [0.25, 0.3) is 0 Å². The van der Waals surface area contributed by atoms with Crippen molar-refractivity contribution in [2.24, 2.45) is 0 Å². The molecule has 0 aliphatic heterocycles. The molecule has 0 saturated carbocycles. The quantitative estimate of drug-likeness (QED) is 0.717. The smallest absolute Gasteiger partial charge is 0.269 e. The Morgan fingerprint density at radius 2 is 1.67 bits per heavy atom. The van der Waals surface area contributed by atoms with Gasteiger partial charge in [-0.1, -0.05) is 30.3 Å². The molecular formula is C7H9FO3S. The molecule has 5 heteroatoms. The Labute approximate surface area is 70.2 Å². The first-order valence-corrected chi connectivity index (χ1v) is 4.68. The van der Waals surface area contributed by atoms with Gasteiger partial charge in [0.15, 0.2) is 0 Å². The van der Waals surface area contributed by atoms with E-state index in [9.17, 15) is 8.42 Å². The van der Waals surface area contributed by atoms with Crippen LogP contribution in [0.15, 0.2) is 30.3 Å². The number of rotatable bonds is 2. The van der Waals surface area contributed by atoms with E-state index in [2.05, 4.69) is 0 Å². The van der Waals surface area contributed by atoms with Crippen molar-refractivity contribution < 1.29 is 17.7 Å². The van der Waals surface area contributed by atoms with E-state index in [0.29, 0.717) is 5.56 Å². The summed E-state index contributed by atoms with van der Waals surface area (Å²) < 4.78 is 29.2. The molecule has 0 bridgehead atoms. The van der Waals surface area contributed by atoms with Crippen molar-refractivity contribution in [3.05, 3.63) is 35.9 Å². The summed E-state index contributed by atoms with van der Waals surface area (Å²) in [6, 6.07) is 8.52. The second kappa shape index (κ2) is 4.18. The van der Waals surface area contributed by atoms with Gasteiger partial charge >= 0.3 is 0 Å². The van der Waals surface area contributed by atoms with Gasteiger partial charge in [-0.25, -0.2) is 0 Å². The highest BCUT2D eigenvalue weighted by molar-refractivity contribution is 7.85. The number of hydrogen-bond donors (Lipinski definition) is 1. The molecule has 3 nitrogen and oxygen atoms in total. The molecule has 0 aliphatic carbocycles. The van der Waals surface area contributed by atoms with Crippen molar-refractivity contribution in [3.8, 4) is 0 Å². The van der Waals surface area contributed by atoms with E-state index in [1.54, 1.807) is 30.3 Å². The minimum absolute atomic E-state index is 0. The molecule has 0 radical (unpaired) electrons.